The molecule has 7 heteroatoms. The Morgan fingerprint density at radius 1 is 1.22 bits per heavy atom. The van der Waals surface area contributed by atoms with Crippen LogP contribution in [0.5, 0.6) is 0 Å². The number of hydrogen-bond donors (Lipinski definition) is 1. The summed E-state index contributed by atoms with van der Waals surface area (Å²) in [6, 6.07) is 10.9. The van der Waals surface area contributed by atoms with E-state index in [1.165, 1.54) is 6.92 Å². The molecular weight excluding hydrogens is 342 g/mol. The molecule has 0 saturated carbocycles. The molecule has 3 rings (SSSR count). The van der Waals surface area contributed by atoms with Gasteiger partial charge in [-0.1, -0.05) is 6.07 Å². The molecule has 0 aliphatic rings. The third-order valence-electron chi connectivity index (χ3n) is 4.41. The minimum Gasteiger partial charge on any atom is -0.330 e. The molecule has 3 aromatic rings. The molecule has 2 aromatic heterocycles. The molecule has 0 aliphatic heterocycles. The standard InChI is InChI=1S/C20H23N5O2/c1-14(26)9-11-25(18-6-4-5-10-22-18)20(27)15-7-8-17-16(12-15)23-19(13-21-2)24(17)3/h4-8,10,12,21H,9,11,13H2,1-3H3. The van der Waals surface area contributed by atoms with E-state index in [9.17, 15) is 9.59 Å². The van der Waals surface area contributed by atoms with Gasteiger partial charge >= 0.3 is 0 Å². The first-order valence-corrected chi connectivity index (χ1v) is 8.83. The second-order valence-electron chi connectivity index (χ2n) is 6.42. The van der Waals surface area contributed by atoms with E-state index in [0.29, 0.717) is 17.9 Å². The van der Waals surface area contributed by atoms with E-state index in [1.807, 2.05) is 30.8 Å². The Kier molecular flexibility index (Phi) is 5.61. The molecule has 1 amide bonds. The highest BCUT2D eigenvalue weighted by Crippen LogP contribution is 2.20. The number of ketones is 1. The minimum atomic E-state index is -0.197. The Hall–Kier alpha value is -3.06. The van der Waals surface area contributed by atoms with E-state index in [2.05, 4.69) is 15.3 Å². The lowest BCUT2D eigenvalue weighted by Crippen LogP contribution is -2.33. The molecule has 1 aromatic carbocycles. The number of anilines is 1. The quantitative estimate of drug-likeness (QED) is 0.695. The molecule has 140 valence electrons. The number of nitrogens with one attached hydrogen (secondary N) is 1. The van der Waals surface area contributed by atoms with Crippen molar-refractivity contribution < 1.29 is 9.59 Å². The van der Waals surface area contributed by atoms with Crippen molar-refractivity contribution in [2.75, 3.05) is 18.5 Å². The number of imidazole rings is 1. The van der Waals surface area contributed by atoms with Crippen molar-refractivity contribution in [3.63, 3.8) is 0 Å². The second kappa shape index (κ2) is 8.09. The van der Waals surface area contributed by atoms with E-state index in [4.69, 9.17) is 0 Å². The predicted molar refractivity (Wildman–Crippen MR) is 105 cm³/mol. The number of nitrogens with zero attached hydrogens (tertiary/aromatic N) is 4. The maximum Gasteiger partial charge on any atom is 0.259 e. The Morgan fingerprint density at radius 2 is 2.04 bits per heavy atom. The number of fused-ring (bicyclic) bond motifs is 1. The molecule has 0 unspecified atom stereocenters. The summed E-state index contributed by atoms with van der Waals surface area (Å²) in [5.74, 6) is 1.26. The van der Waals surface area contributed by atoms with Crippen LogP contribution in [0, 0.1) is 0 Å². The van der Waals surface area contributed by atoms with Crippen molar-refractivity contribution in [3.05, 3.63) is 54.0 Å². The SMILES string of the molecule is CNCc1nc2cc(C(=O)N(CCC(C)=O)c3ccccn3)ccc2n1C. The number of aryl methyl sites for hydroxylation is 1. The van der Waals surface area contributed by atoms with Gasteiger partial charge in [-0.2, -0.15) is 0 Å². The molecule has 0 fully saturated rings. The number of hydrogen-bond acceptors (Lipinski definition) is 5. The Bertz CT molecular complexity index is 965. The van der Waals surface area contributed by atoms with E-state index < -0.39 is 0 Å². The molecule has 0 spiro atoms. The number of benzene rings is 1. The number of pyridine rings is 1. The highest BCUT2D eigenvalue weighted by atomic mass is 16.2. The van der Waals surface area contributed by atoms with Gasteiger partial charge in [0.05, 0.1) is 17.6 Å². The summed E-state index contributed by atoms with van der Waals surface area (Å²) in [7, 11) is 3.82. The van der Waals surface area contributed by atoms with Crippen molar-refractivity contribution in [1.29, 1.82) is 0 Å². The van der Waals surface area contributed by atoms with Crippen LogP contribution < -0.4 is 10.2 Å². The summed E-state index contributed by atoms with van der Waals surface area (Å²) in [6.45, 7) is 2.45. The van der Waals surface area contributed by atoms with Crippen molar-refractivity contribution in [1.82, 2.24) is 19.9 Å². The molecule has 2 heterocycles. The highest BCUT2D eigenvalue weighted by Gasteiger charge is 2.20. The fraction of sp³-hybridized carbons (Fsp3) is 0.300. The Balaban J connectivity index is 1.96. The summed E-state index contributed by atoms with van der Waals surface area (Å²) in [6.07, 6.45) is 1.91. The lowest BCUT2D eigenvalue weighted by molar-refractivity contribution is -0.116. The first kappa shape index (κ1) is 18.7. The molecule has 0 radical (unpaired) electrons. The summed E-state index contributed by atoms with van der Waals surface area (Å²) in [5, 5.41) is 3.09. The van der Waals surface area contributed by atoms with Gasteiger partial charge in [-0.25, -0.2) is 9.97 Å². The van der Waals surface area contributed by atoms with Gasteiger partial charge in [-0.05, 0) is 44.3 Å². The molecule has 7 nitrogen and oxygen atoms in total. The molecule has 27 heavy (non-hydrogen) atoms. The van der Waals surface area contributed by atoms with Crippen molar-refractivity contribution in [2.45, 2.75) is 19.9 Å². The Morgan fingerprint density at radius 3 is 2.70 bits per heavy atom. The molecule has 1 N–H and O–H groups in total. The van der Waals surface area contributed by atoms with Crippen LogP contribution >= 0.6 is 0 Å². The molecular formula is C20H23N5O2. The smallest absolute Gasteiger partial charge is 0.259 e. The van der Waals surface area contributed by atoms with Crippen LogP contribution in [0.1, 0.15) is 29.5 Å². The lowest BCUT2D eigenvalue weighted by Gasteiger charge is -2.21. The number of amides is 1. The normalized spacial score (nSPS) is 10.9. The zero-order valence-corrected chi connectivity index (χ0v) is 15.8. The van der Waals surface area contributed by atoms with Crippen LogP contribution in [0.3, 0.4) is 0 Å². The second-order valence-corrected chi connectivity index (χ2v) is 6.42. The third kappa shape index (κ3) is 4.03. The van der Waals surface area contributed by atoms with Crippen molar-refractivity contribution in [3.8, 4) is 0 Å². The number of Topliss-reactive ketones (excluding diaryl/α,β-unsaturated/α-hetero) is 1. The molecule has 0 aliphatic carbocycles. The van der Waals surface area contributed by atoms with Crippen LogP contribution in [-0.2, 0) is 18.4 Å². The van der Waals surface area contributed by atoms with Gasteiger partial charge in [-0.3, -0.25) is 14.5 Å². The minimum absolute atomic E-state index is 0.0283. The van der Waals surface area contributed by atoms with E-state index in [1.54, 1.807) is 35.4 Å². The van der Waals surface area contributed by atoms with E-state index >= 15 is 0 Å². The topological polar surface area (TPSA) is 80.1 Å². The first-order valence-electron chi connectivity index (χ1n) is 8.83. The van der Waals surface area contributed by atoms with Crippen molar-refractivity contribution in [2.24, 2.45) is 7.05 Å². The van der Waals surface area contributed by atoms with Crippen LogP contribution in [0.25, 0.3) is 11.0 Å². The zero-order valence-electron chi connectivity index (χ0n) is 15.8. The average Bonchev–Trinajstić information content (AvgIpc) is 2.98. The summed E-state index contributed by atoms with van der Waals surface area (Å²) in [4.78, 5) is 35.0. The van der Waals surface area contributed by atoms with Crippen LogP contribution in [0.4, 0.5) is 5.82 Å². The third-order valence-corrected chi connectivity index (χ3v) is 4.41. The largest absolute Gasteiger partial charge is 0.330 e. The van der Waals surface area contributed by atoms with Gasteiger partial charge in [0.2, 0.25) is 0 Å². The van der Waals surface area contributed by atoms with Crippen LogP contribution in [-0.4, -0.2) is 39.8 Å². The van der Waals surface area contributed by atoms with Gasteiger partial charge < -0.3 is 9.88 Å². The maximum absolute atomic E-state index is 13.1. The van der Waals surface area contributed by atoms with Crippen LogP contribution in [0.2, 0.25) is 0 Å². The zero-order chi connectivity index (χ0) is 19.4. The van der Waals surface area contributed by atoms with Crippen molar-refractivity contribution >= 4 is 28.5 Å². The summed E-state index contributed by atoms with van der Waals surface area (Å²) < 4.78 is 2.01. The number of rotatable bonds is 7. The molecule has 0 saturated heterocycles. The molecule has 0 bridgehead atoms. The van der Waals surface area contributed by atoms with Gasteiger partial charge in [0.25, 0.3) is 5.91 Å². The molecule has 0 atom stereocenters. The highest BCUT2D eigenvalue weighted by molar-refractivity contribution is 6.07. The fourth-order valence-electron chi connectivity index (χ4n) is 2.96. The number of aromatic nitrogens is 3. The van der Waals surface area contributed by atoms with E-state index in [-0.39, 0.29) is 24.7 Å². The monoisotopic (exact) mass is 365 g/mol. The summed E-state index contributed by atoms with van der Waals surface area (Å²) in [5.41, 5.74) is 2.25. The van der Waals surface area contributed by atoms with Crippen LogP contribution in [0.15, 0.2) is 42.6 Å². The van der Waals surface area contributed by atoms with E-state index in [0.717, 1.165) is 16.9 Å². The number of carbonyl (C=O) groups is 2. The lowest BCUT2D eigenvalue weighted by atomic mass is 10.1. The number of carbonyl (C=O) groups excluding carboxylic acids is 2. The summed E-state index contributed by atoms with van der Waals surface area (Å²) >= 11 is 0. The predicted octanol–water partition coefficient (Wildman–Crippen LogP) is 2.31. The van der Waals surface area contributed by atoms with Gasteiger partial charge in [0.1, 0.15) is 17.4 Å². The Labute approximate surface area is 158 Å². The fourth-order valence-corrected chi connectivity index (χ4v) is 2.96. The first-order chi connectivity index (χ1) is 13.0. The van der Waals surface area contributed by atoms with Gasteiger partial charge in [0.15, 0.2) is 0 Å². The maximum atomic E-state index is 13.1. The van der Waals surface area contributed by atoms with Gasteiger partial charge in [0, 0.05) is 31.8 Å². The van der Waals surface area contributed by atoms with Gasteiger partial charge in [-0.15, -0.1) is 0 Å². The average molecular weight is 365 g/mol.